The molecule has 2 aromatic carbocycles. The van der Waals surface area contributed by atoms with E-state index in [1.165, 1.54) is 27.8 Å². The molecule has 29 heavy (non-hydrogen) atoms. The fourth-order valence-corrected chi connectivity index (χ4v) is 5.07. The van der Waals surface area contributed by atoms with Gasteiger partial charge in [0.15, 0.2) is 5.13 Å². The first-order valence-electron chi connectivity index (χ1n) is 9.33. The van der Waals surface area contributed by atoms with Crippen molar-refractivity contribution in [2.24, 2.45) is 0 Å². The van der Waals surface area contributed by atoms with Crippen LogP contribution in [0.25, 0.3) is 10.9 Å². The van der Waals surface area contributed by atoms with E-state index >= 15 is 0 Å². The third kappa shape index (κ3) is 4.18. The van der Waals surface area contributed by atoms with Gasteiger partial charge in [-0.15, -0.1) is 11.3 Å². The van der Waals surface area contributed by atoms with Crippen LogP contribution >= 0.6 is 23.1 Å². The molecule has 0 aliphatic carbocycles. The third-order valence-electron chi connectivity index (χ3n) is 4.65. The highest BCUT2D eigenvalue weighted by Crippen LogP contribution is 2.32. The quantitative estimate of drug-likeness (QED) is 0.357. The summed E-state index contributed by atoms with van der Waals surface area (Å²) in [6.45, 7) is 5.78. The van der Waals surface area contributed by atoms with Crippen LogP contribution in [0.3, 0.4) is 0 Å². The molecule has 0 atom stereocenters. The van der Waals surface area contributed by atoms with Crippen LogP contribution in [0, 0.1) is 13.8 Å². The number of carbonyl (C=O) groups excluding carboxylic acids is 1. The van der Waals surface area contributed by atoms with Crippen molar-refractivity contribution in [1.82, 2.24) is 9.97 Å². The summed E-state index contributed by atoms with van der Waals surface area (Å²) in [7, 11) is 0. The normalized spacial score (nSPS) is 11.0. The van der Waals surface area contributed by atoms with Crippen LogP contribution in [0.15, 0.2) is 65.0 Å². The molecule has 4 rings (SSSR count). The first-order valence-corrected chi connectivity index (χ1v) is 11.2. The van der Waals surface area contributed by atoms with Gasteiger partial charge >= 0.3 is 0 Å². The van der Waals surface area contributed by atoms with E-state index in [1.54, 1.807) is 23.6 Å². The van der Waals surface area contributed by atoms with E-state index in [-0.39, 0.29) is 5.91 Å². The molecular formula is C23H21N3OS2. The molecular weight excluding hydrogens is 398 g/mol. The SMILES string of the molecule is CC(=O)N(c1ccccc1)c1nc(CSc2cc(C)c3cccc(C)c3n2)cs1. The van der Waals surface area contributed by atoms with E-state index in [0.29, 0.717) is 10.9 Å². The van der Waals surface area contributed by atoms with Gasteiger partial charge in [-0.2, -0.15) is 0 Å². The molecule has 6 heteroatoms. The zero-order chi connectivity index (χ0) is 20.4. The molecule has 0 bridgehead atoms. The van der Waals surface area contributed by atoms with E-state index in [2.05, 4.69) is 38.1 Å². The number of benzene rings is 2. The van der Waals surface area contributed by atoms with Crippen molar-refractivity contribution in [3.8, 4) is 0 Å². The Balaban J connectivity index is 1.55. The lowest BCUT2D eigenvalue weighted by atomic mass is 10.1. The van der Waals surface area contributed by atoms with Crippen molar-refractivity contribution in [3.05, 3.63) is 76.8 Å². The number of thioether (sulfide) groups is 1. The van der Waals surface area contributed by atoms with E-state index < -0.39 is 0 Å². The fourth-order valence-electron chi connectivity index (χ4n) is 3.22. The second-order valence-corrected chi connectivity index (χ2v) is 8.68. The number of amides is 1. The van der Waals surface area contributed by atoms with Gasteiger partial charge in [0.05, 0.1) is 21.9 Å². The molecule has 0 N–H and O–H groups in total. The summed E-state index contributed by atoms with van der Waals surface area (Å²) in [5.74, 6) is 0.660. The average Bonchev–Trinajstić information content (AvgIpc) is 3.16. The molecule has 0 spiro atoms. The molecule has 4 aromatic rings. The number of hydrogen-bond acceptors (Lipinski definition) is 5. The predicted octanol–water partition coefficient (Wildman–Crippen LogP) is 6.29. The minimum atomic E-state index is -0.0490. The van der Waals surface area contributed by atoms with Gasteiger partial charge < -0.3 is 0 Å². The summed E-state index contributed by atoms with van der Waals surface area (Å²) in [6, 6.07) is 18.0. The molecule has 0 aliphatic rings. The van der Waals surface area contributed by atoms with E-state index in [9.17, 15) is 4.79 Å². The summed E-state index contributed by atoms with van der Waals surface area (Å²) in [4.78, 5) is 23.4. The van der Waals surface area contributed by atoms with Gasteiger partial charge in [-0.3, -0.25) is 9.69 Å². The lowest BCUT2D eigenvalue weighted by Crippen LogP contribution is -2.22. The number of anilines is 2. The molecule has 2 aromatic heterocycles. The van der Waals surface area contributed by atoms with Crippen molar-refractivity contribution in [1.29, 1.82) is 0 Å². The van der Waals surface area contributed by atoms with Crippen molar-refractivity contribution in [3.63, 3.8) is 0 Å². The second kappa shape index (κ2) is 8.35. The Morgan fingerprint density at radius 2 is 1.83 bits per heavy atom. The number of thiazole rings is 1. The van der Waals surface area contributed by atoms with Gasteiger partial charge in [0.2, 0.25) is 5.91 Å². The standard InChI is InChI=1S/C23H21N3OS2/c1-15-8-7-11-20-16(2)12-21(25-22(15)20)28-13-18-14-29-23(24-18)26(17(3)27)19-9-5-4-6-10-19/h4-12,14H,13H2,1-3H3. The number of aromatic nitrogens is 2. The minimum Gasteiger partial charge on any atom is -0.274 e. The monoisotopic (exact) mass is 419 g/mol. The zero-order valence-corrected chi connectivity index (χ0v) is 18.2. The van der Waals surface area contributed by atoms with Crippen LogP contribution in [0.5, 0.6) is 0 Å². The molecule has 4 nitrogen and oxygen atoms in total. The van der Waals surface area contributed by atoms with E-state index in [4.69, 9.17) is 9.97 Å². The van der Waals surface area contributed by atoms with Crippen LogP contribution < -0.4 is 4.90 Å². The van der Waals surface area contributed by atoms with Gasteiger partial charge in [0, 0.05) is 23.4 Å². The highest BCUT2D eigenvalue weighted by molar-refractivity contribution is 7.98. The Bertz CT molecular complexity index is 1170. The molecule has 146 valence electrons. The Kier molecular flexibility index (Phi) is 5.65. The Morgan fingerprint density at radius 1 is 1.03 bits per heavy atom. The van der Waals surface area contributed by atoms with Gasteiger partial charge in [-0.25, -0.2) is 9.97 Å². The molecule has 0 radical (unpaired) electrons. The van der Waals surface area contributed by atoms with Gasteiger partial charge in [0.1, 0.15) is 0 Å². The number of carbonyl (C=O) groups is 1. The Morgan fingerprint density at radius 3 is 2.59 bits per heavy atom. The van der Waals surface area contributed by atoms with Crippen LogP contribution in [-0.2, 0) is 10.5 Å². The van der Waals surface area contributed by atoms with Crippen LogP contribution in [0.1, 0.15) is 23.7 Å². The fraction of sp³-hybridized carbons (Fsp3) is 0.174. The molecule has 1 amide bonds. The number of pyridine rings is 1. The topological polar surface area (TPSA) is 46.1 Å². The van der Waals surface area contributed by atoms with E-state index in [0.717, 1.165) is 21.9 Å². The minimum absolute atomic E-state index is 0.0490. The average molecular weight is 420 g/mol. The lowest BCUT2D eigenvalue weighted by Gasteiger charge is -2.17. The van der Waals surface area contributed by atoms with Crippen molar-refractivity contribution >= 4 is 50.7 Å². The zero-order valence-electron chi connectivity index (χ0n) is 16.5. The summed E-state index contributed by atoms with van der Waals surface area (Å²) in [5, 5.41) is 4.90. The van der Waals surface area contributed by atoms with Crippen molar-refractivity contribution in [2.45, 2.75) is 31.6 Å². The number of rotatable bonds is 5. The largest absolute Gasteiger partial charge is 0.274 e. The molecule has 0 fully saturated rings. The summed E-state index contributed by atoms with van der Waals surface area (Å²) in [5.41, 5.74) is 5.24. The predicted molar refractivity (Wildman–Crippen MR) is 122 cm³/mol. The second-order valence-electron chi connectivity index (χ2n) is 6.85. The van der Waals surface area contributed by atoms with Crippen molar-refractivity contribution < 1.29 is 4.79 Å². The first kappa shape index (κ1) is 19.6. The van der Waals surface area contributed by atoms with E-state index in [1.807, 2.05) is 35.7 Å². The van der Waals surface area contributed by atoms with Crippen molar-refractivity contribution in [2.75, 3.05) is 4.90 Å². The summed E-state index contributed by atoms with van der Waals surface area (Å²) < 4.78 is 0. The Labute approximate surface area is 178 Å². The van der Waals surface area contributed by atoms with Crippen LogP contribution in [0.2, 0.25) is 0 Å². The number of fused-ring (bicyclic) bond motifs is 1. The maximum atomic E-state index is 12.2. The lowest BCUT2D eigenvalue weighted by molar-refractivity contribution is -0.115. The van der Waals surface area contributed by atoms with Crippen LogP contribution in [0.4, 0.5) is 10.8 Å². The molecule has 2 heterocycles. The summed E-state index contributed by atoms with van der Waals surface area (Å²) >= 11 is 3.15. The smallest absolute Gasteiger partial charge is 0.230 e. The van der Waals surface area contributed by atoms with Crippen LogP contribution in [-0.4, -0.2) is 15.9 Å². The molecule has 0 aliphatic heterocycles. The summed E-state index contributed by atoms with van der Waals surface area (Å²) in [6.07, 6.45) is 0. The maximum Gasteiger partial charge on any atom is 0.230 e. The first-order chi connectivity index (χ1) is 14.0. The van der Waals surface area contributed by atoms with Gasteiger partial charge in [-0.1, -0.05) is 48.2 Å². The number of hydrogen-bond donors (Lipinski definition) is 0. The number of aryl methyl sites for hydroxylation is 2. The molecule has 0 saturated carbocycles. The van der Waals surface area contributed by atoms with Gasteiger partial charge in [0.25, 0.3) is 0 Å². The Hall–Kier alpha value is -2.70. The maximum absolute atomic E-state index is 12.2. The third-order valence-corrected chi connectivity index (χ3v) is 6.47. The highest BCUT2D eigenvalue weighted by Gasteiger charge is 2.17. The molecule has 0 saturated heterocycles. The number of para-hydroxylation sites is 2. The van der Waals surface area contributed by atoms with Gasteiger partial charge in [-0.05, 0) is 43.2 Å². The molecule has 0 unspecified atom stereocenters. The highest BCUT2D eigenvalue weighted by atomic mass is 32.2. The number of nitrogens with zero attached hydrogens (tertiary/aromatic N) is 3.